The quantitative estimate of drug-likeness (QED) is 0.468. The summed E-state index contributed by atoms with van der Waals surface area (Å²) in [5.41, 5.74) is 3.51. The average molecular weight is 323 g/mol. The molecule has 114 valence electrons. The molecule has 3 heteroatoms. The second kappa shape index (κ2) is 6.67. The Labute approximate surface area is 140 Å². The summed E-state index contributed by atoms with van der Waals surface area (Å²) in [6.07, 6.45) is 0. The molecule has 0 radical (unpaired) electrons. The van der Waals surface area contributed by atoms with Crippen LogP contribution in [0.4, 0.5) is 0 Å². The van der Waals surface area contributed by atoms with Crippen molar-refractivity contribution < 1.29 is 9.53 Å². The van der Waals surface area contributed by atoms with Gasteiger partial charge in [0.2, 0.25) is 0 Å². The molecule has 2 nitrogen and oxygen atoms in total. The molecule has 0 N–H and O–H groups in total. The number of halogens is 1. The van der Waals surface area contributed by atoms with Crippen LogP contribution in [-0.4, -0.2) is 5.97 Å². The summed E-state index contributed by atoms with van der Waals surface area (Å²) >= 11 is 5.91. The molecule has 0 heterocycles. The Balaban J connectivity index is 1.78. The molecule has 0 spiro atoms. The van der Waals surface area contributed by atoms with E-state index >= 15 is 0 Å². The van der Waals surface area contributed by atoms with Crippen LogP contribution in [0, 0.1) is 6.92 Å². The Kier molecular flexibility index (Phi) is 4.45. The van der Waals surface area contributed by atoms with Gasteiger partial charge in [-0.25, -0.2) is 4.79 Å². The third-order valence-corrected chi connectivity index (χ3v) is 3.80. The van der Waals surface area contributed by atoms with Gasteiger partial charge in [0, 0.05) is 5.02 Å². The van der Waals surface area contributed by atoms with Gasteiger partial charge in [-0.2, -0.15) is 0 Å². The van der Waals surface area contributed by atoms with E-state index in [0.29, 0.717) is 16.3 Å². The maximum absolute atomic E-state index is 12.2. The summed E-state index contributed by atoms with van der Waals surface area (Å²) in [6, 6.07) is 22.6. The molecule has 3 rings (SSSR count). The van der Waals surface area contributed by atoms with Crippen LogP contribution in [0.1, 0.15) is 15.9 Å². The first kappa shape index (κ1) is 15.3. The van der Waals surface area contributed by atoms with Crippen LogP contribution in [0.25, 0.3) is 11.1 Å². The first-order chi connectivity index (χ1) is 11.1. The Hall–Kier alpha value is -2.58. The minimum atomic E-state index is -0.380. The van der Waals surface area contributed by atoms with Gasteiger partial charge < -0.3 is 4.74 Å². The first-order valence-electron chi connectivity index (χ1n) is 7.27. The van der Waals surface area contributed by atoms with Gasteiger partial charge in [-0.1, -0.05) is 54.1 Å². The Morgan fingerprint density at radius 1 is 0.870 bits per heavy atom. The SMILES string of the molecule is Cc1cc(Cl)ccc1OC(=O)c1ccc(-c2ccccc2)cc1. The Morgan fingerprint density at radius 2 is 1.52 bits per heavy atom. The Bertz CT molecular complexity index is 824. The van der Waals surface area contributed by atoms with Gasteiger partial charge in [-0.3, -0.25) is 0 Å². The van der Waals surface area contributed by atoms with Crippen molar-refractivity contribution in [3.63, 3.8) is 0 Å². The lowest BCUT2D eigenvalue weighted by molar-refractivity contribution is 0.0733. The fourth-order valence-electron chi connectivity index (χ4n) is 2.32. The number of hydrogen-bond donors (Lipinski definition) is 0. The van der Waals surface area contributed by atoms with Gasteiger partial charge in [0.1, 0.15) is 5.75 Å². The van der Waals surface area contributed by atoms with Crippen LogP contribution in [0.5, 0.6) is 5.75 Å². The molecule has 0 atom stereocenters. The number of esters is 1. The van der Waals surface area contributed by atoms with Crippen LogP contribution in [0.3, 0.4) is 0 Å². The molecular formula is C20H15ClO2. The first-order valence-corrected chi connectivity index (χ1v) is 7.65. The molecule has 0 amide bonds. The van der Waals surface area contributed by atoms with E-state index in [9.17, 15) is 4.79 Å². The fraction of sp³-hybridized carbons (Fsp3) is 0.0500. The predicted molar refractivity (Wildman–Crippen MR) is 93.0 cm³/mol. The number of carbonyl (C=O) groups excluding carboxylic acids is 1. The van der Waals surface area contributed by atoms with E-state index in [4.69, 9.17) is 16.3 Å². The third kappa shape index (κ3) is 3.61. The largest absolute Gasteiger partial charge is 0.423 e. The zero-order valence-corrected chi connectivity index (χ0v) is 13.4. The third-order valence-electron chi connectivity index (χ3n) is 3.57. The predicted octanol–water partition coefficient (Wildman–Crippen LogP) is 5.53. The molecule has 0 aromatic heterocycles. The summed E-state index contributed by atoms with van der Waals surface area (Å²) in [6.45, 7) is 1.85. The van der Waals surface area contributed by atoms with Gasteiger partial charge >= 0.3 is 5.97 Å². The molecule has 0 fully saturated rings. The minimum absolute atomic E-state index is 0.380. The molecule has 0 saturated carbocycles. The number of carbonyl (C=O) groups is 1. The Morgan fingerprint density at radius 3 is 2.17 bits per heavy atom. The van der Waals surface area contributed by atoms with Gasteiger partial charge in [0.05, 0.1) is 5.56 Å². The number of ether oxygens (including phenoxy) is 1. The molecule has 0 saturated heterocycles. The maximum atomic E-state index is 12.2. The van der Waals surface area contributed by atoms with Gasteiger partial charge in [0.25, 0.3) is 0 Å². The van der Waals surface area contributed by atoms with Crippen LogP contribution < -0.4 is 4.74 Å². The van der Waals surface area contributed by atoms with E-state index in [-0.39, 0.29) is 5.97 Å². The zero-order valence-electron chi connectivity index (χ0n) is 12.6. The monoisotopic (exact) mass is 322 g/mol. The van der Waals surface area contributed by atoms with Gasteiger partial charge in [-0.15, -0.1) is 0 Å². The van der Waals surface area contributed by atoms with E-state index in [0.717, 1.165) is 16.7 Å². The second-order valence-electron chi connectivity index (χ2n) is 5.24. The molecule has 0 aliphatic heterocycles. The van der Waals surface area contributed by atoms with Gasteiger partial charge in [-0.05, 0) is 53.9 Å². The van der Waals surface area contributed by atoms with Crippen molar-refractivity contribution in [1.29, 1.82) is 0 Å². The summed E-state index contributed by atoms with van der Waals surface area (Å²) < 4.78 is 5.43. The normalized spacial score (nSPS) is 10.3. The highest BCUT2D eigenvalue weighted by Gasteiger charge is 2.10. The van der Waals surface area contributed by atoms with Crippen LogP contribution >= 0.6 is 11.6 Å². The summed E-state index contributed by atoms with van der Waals surface area (Å²) in [5, 5.41) is 0.620. The fourth-order valence-corrected chi connectivity index (χ4v) is 2.54. The lowest BCUT2D eigenvalue weighted by Gasteiger charge is -2.08. The molecule has 0 aliphatic rings. The van der Waals surface area contributed by atoms with E-state index in [1.54, 1.807) is 30.3 Å². The number of hydrogen-bond acceptors (Lipinski definition) is 2. The molecular weight excluding hydrogens is 308 g/mol. The molecule has 0 unspecified atom stereocenters. The van der Waals surface area contributed by atoms with E-state index in [2.05, 4.69) is 0 Å². The molecule has 3 aromatic rings. The van der Waals surface area contributed by atoms with Crippen molar-refractivity contribution in [2.24, 2.45) is 0 Å². The van der Waals surface area contributed by atoms with Crippen molar-refractivity contribution in [2.45, 2.75) is 6.92 Å². The van der Waals surface area contributed by atoms with Crippen LogP contribution in [0.2, 0.25) is 5.02 Å². The average Bonchev–Trinajstić information content (AvgIpc) is 2.58. The van der Waals surface area contributed by atoms with Crippen molar-refractivity contribution >= 4 is 17.6 Å². The topological polar surface area (TPSA) is 26.3 Å². The maximum Gasteiger partial charge on any atom is 0.343 e. The smallest absolute Gasteiger partial charge is 0.343 e. The number of benzene rings is 3. The number of rotatable bonds is 3. The highest BCUT2D eigenvalue weighted by atomic mass is 35.5. The standard InChI is InChI=1S/C20H15ClO2/c1-14-13-18(21)11-12-19(14)23-20(22)17-9-7-16(8-10-17)15-5-3-2-4-6-15/h2-13H,1H3. The molecule has 0 bridgehead atoms. The lowest BCUT2D eigenvalue weighted by Crippen LogP contribution is -2.09. The molecule has 3 aromatic carbocycles. The summed E-state index contributed by atoms with van der Waals surface area (Å²) in [5.74, 6) is 0.140. The van der Waals surface area contributed by atoms with Crippen LogP contribution in [0.15, 0.2) is 72.8 Å². The highest BCUT2D eigenvalue weighted by Crippen LogP contribution is 2.24. The van der Waals surface area contributed by atoms with E-state index in [1.807, 2.05) is 49.4 Å². The van der Waals surface area contributed by atoms with Crippen LogP contribution in [-0.2, 0) is 0 Å². The zero-order chi connectivity index (χ0) is 16.2. The van der Waals surface area contributed by atoms with Crippen molar-refractivity contribution in [2.75, 3.05) is 0 Å². The lowest BCUT2D eigenvalue weighted by atomic mass is 10.0. The summed E-state index contributed by atoms with van der Waals surface area (Å²) in [7, 11) is 0. The number of aryl methyl sites for hydroxylation is 1. The molecule has 0 aliphatic carbocycles. The van der Waals surface area contributed by atoms with E-state index < -0.39 is 0 Å². The molecule has 23 heavy (non-hydrogen) atoms. The van der Waals surface area contributed by atoms with Crippen molar-refractivity contribution in [1.82, 2.24) is 0 Å². The minimum Gasteiger partial charge on any atom is -0.423 e. The summed E-state index contributed by atoms with van der Waals surface area (Å²) in [4.78, 5) is 12.2. The second-order valence-corrected chi connectivity index (χ2v) is 5.68. The van der Waals surface area contributed by atoms with Gasteiger partial charge in [0.15, 0.2) is 0 Å². The van der Waals surface area contributed by atoms with E-state index in [1.165, 1.54) is 0 Å². The van der Waals surface area contributed by atoms with Crippen molar-refractivity contribution in [3.05, 3.63) is 88.9 Å². The highest BCUT2D eigenvalue weighted by molar-refractivity contribution is 6.30. The van der Waals surface area contributed by atoms with Crippen molar-refractivity contribution in [3.8, 4) is 16.9 Å².